The lowest BCUT2D eigenvalue weighted by atomic mass is 10.1. The molecule has 0 bridgehead atoms. The lowest BCUT2D eigenvalue weighted by Gasteiger charge is -2.13. The zero-order chi connectivity index (χ0) is 10.3. The first-order chi connectivity index (χ1) is 7.28. The van der Waals surface area contributed by atoms with Gasteiger partial charge in [0.1, 0.15) is 5.75 Å². The Balaban J connectivity index is 1.62. The Morgan fingerprint density at radius 1 is 1.53 bits per heavy atom. The van der Waals surface area contributed by atoms with Gasteiger partial charge in [0.2, 0.25) is 0 Å². The first-order valence-corrected chi connectivity index (χ1v) is 5.69. The molecule has 0 spiro atoms. The normalized spacial score (nSPS) is 32.5. The highest BCUT2D eigenvalue weighted by Crippen LogP contribution is 2.54. The molecule has 1 aromatic rings. The van der Waals surface area contributed by atoms with Gasteiger partial charge in [0.25, 0.3) is 0 Å². The summed E-state index contributed by atoms with van der Waals surface area (Å²) in [6.45, 7) is 5.32. The number of hydrogen-bond donors (Lipinski definition) is 1. The minimum Gasteiger partial charge on any atom is -0.493 e. The molecule has 1 N–H and O–H groups in total. The number of piperidine rings is 1. The van der Waals surface area contributed by atoms with E-state index >= 15 is 0 Å². The maximum absolute atomic E-state index is 5.88. The third kappa shape index (κ3) is 1.63. The molecule has 0 amide bonds. The van der Waals surface area contributed by atoms with E-state index in [1.807, 2.05) is 6.07 Å². The van der Waals surface area contributed by atoms with Crippen molar-refractivity contribution in [1.29, 1.82) is 0 Å². The Morgan fingerprint density at radius 3 is 3.13 bits per heavy atom. The van der Waals surface area contributed by atoms with Crippen molar-refractivity contribution in [2.24, 2.45) is 11.3 Å². The molecule has 80 valence electrons. The van der Waals surface area contributed by atoms with E-state index < -0.39 is 0 Å². The van der Waals surface area contributed by atoms with Gasteiger partial charge in [-0.3, -0.25) is 0 Å². The molecule has 2 nitrogen and oxygen atoms in total. The number of benzene rings is 1. The van der Waals surface area contributed by atoms with Crippen LogP contribution in [0.25, 0.3) is 0 Å². The van der Waals surface area contributed by atoms with E-state index in [9.17, 15) is 0 Å². The molecule has 1 aliphatic carbocycles. The number of nitrogens with one attached hydrogen (secondary N) is 1. The number of rotatable bonds is 3. The van der Waals surface area contributed by atoms with Crippen molar-refractivity contribution < 1.29 is 4.74 Å². The molecule has 15 heavy (non-hydrogen) atoms. The Bertz CT molecular complexity index is 377. The molecule has 0 aromatic heterocycles. The Kier molecular flexibility index (Phi) is 1.99. The molecule has 1 heterocycles. The van der Waals surface area contributed by atoms with Crippen molar-refractivity contribution in [2.75, 3.05) is 19.7 Å². The number of aryl methyl sites for hydroxylation is 1. The number of ether oxygens (including phenoxy) is 1. The first kappa shape index (κ1) is 9.22. The first-order valence-electron chi connectivity index (χ1n) is 5.69. The van der Waals surface area contributed by atoms with Gasteiger partial charge in [-0.25, -0.2) is 0 Å². The van der Waals surface area contributed by atoms with Crippen LogP contribution in [0.5, 0.6) is 5.75 Å². The maximum Gasteiger partial charge on any atom is 0.119 e. The van der Waals surface area contributed by atoms with Gasteiger partial charge in [0.15, 0.2) is 0 Å². The molecule has 2 unspecified atom stereocenters. The number of hydrogen-bond acceptors (Lipinski definition) is 2. The van der Waals surface area contributed by atoms with Gasteiger partial charge in [-0.1, -0.05) is 12.1 Å². The van der Waals surface area contributed by atoms with Gasteiger partial charge in [-0.05, 0) is 43.5 Å². The van der Waals surface area contributed by atoms with Crippen molar-refractivity contribution >= 4 is 0 Å². The molecule has 0 radical (unpaired) electrons. The Hall–Kier alpha value is -1.02. The molecule has 2 atom stereocenters. The summed E-state index contributed by atoms with van der Waals surface area (Å²) in [4.78, 5) is 0. The Morgan fingerprint density at radius 2 is 2.47 bits per heavy atom. The van der Waals surface area contributed by atoms with Crippen LogP contribution >= 0.6 is 0 Å². The molecule has 2 aliphatic rings. The molecular weight excluding hydrogens is 186 g/mol. The summed E-state index contributed by atoms with van der Waals surface area (Å²) < 4.78 is 5.88. The average molecular weight is 203 g/mol. The summed E-state index contributed by atoms with van der Waals surface area (Å²) in [6.07, 6.45) is 1.35. The summed E-state index contributed by atoms with van der Waals surface area (Å²) >= 11 is 0. The molecule has 1 aliphatic heterocycles. The summed E-state index contributed by atoms with van der Waals surface area (Å²) in [5.74, 6) is 1.89. The van der Waals surface area contributed by atoms with Crippen molar-refractivity contribution in [1.82, 2.24) is 5.32 Å². The lowest BCUT2D eigenvalue weighted by molar-refractivity contribution is 0.236. The Labute approximate surface area is 90.6 Å². The predicted octanol–water partition coefficient (Wildman–Crippen LogP) is 1.98. The largest absolute Gasteiger partial charge is 0.493 e. The standard InChI is InChI=1S/C13H17NO/c1-10-3-2-4-12(5-10)15-9-13-6-11(13)7-14-8-13/h2-5,11,14H,6-9H2,1H3. The molecule has 1 saturated carbocycles. The van der Waals surface area contributed by atoms with Crippen LogP contribution in [0.15, 0.2) is 24.3 Å². The highest BCUT2D eigenvalue weighted by atomic mass is 16.5. The highest BCUT2D eigenvalue weighted by molar-refractivity contribution is 5.27. The van der Waals surface area contributed by atoms with Crippen molar-refractivity contribution in [3.8, 4) is 5.75 Å². The summed E-state index contributed by atoms with van der Waals surface area (Å²) in [5, 5.41) is 3.43. The number of fused-ring (bicyclic) bond motifs is 1. The van der Waals surface area contributed by atoms with Gasteiger partial charge in [-0.2, -0.15) is 0 Å². The minimum atomic E-state index is 0.476. The van der Waals surface area contributed by atoms with Crippen LogP contribution in [0.2, 0.25) is 0 Å². The minimum absolute atomic E-state index is 0.476. The molecular formula is C13H17NO. The monoisotopic (exact) mass is 203 g/mol. The summed E-state index contributed by atoms with van der Waals surface area (Å²) in [5.41, 5.74) is 1.74. The lowest BCUT2D eigenvalue weighted by Crippen LogP contribution is -2.21. The average Bonchev–Trinajstić information content (AvgIpc) is 2.79. The van der Waals surface area contributed by atoms with Gasteiger partial charge in [0.05, 0.1) is 6.61 Å². The van der Waals surface area contributed by atoms with Gasteiger partial charge < -0.3 is 10.1 Å². The van der Waals surface area contributed by atoms with E-state index in [4.69, 9.17) is 4.74 Å². The third-order valence-corrected chi connectivity index (χ3v) is 3.74. The van der Waals surface area contributed by atoms with Crippen LogP contribution in [0, 0.1) is 18.3 Å². The zero-order valence-corrected chi connectivity index (χ0v) is 9.12. The maximum atomic E-state index is 5.88. The predicted molar refractivity (Wildman–Crippen MR) is 60.1 cm³/mol. The van der Waals surface area contributed by atoms with Crippen LogP contribution in [0.4, 0.5) is 0 Å². The third-order valence-electron chi connectivity index (χ3n) is 3.74. The van der Waals surface area contributed by atoms with Crippen LogP contribution < -0.4 is 10.1 Å². The second-order valence-electron chi connectivity index (χ2n) is 5.00. The zero-order valence-electron chi connectivity index (χ0n) is 9.12. The van der Waals surface area contributed by atoms with Gasteiger partial charge >= 0.3 is 0 Å². The molecule has 1 aromatic carbocycles. The van der Waals surface area contributed by atoms with Crippen LogP contribution in [0.1, 0.15) is 12.0 Å². The van der Waals surface area contributed by atoms with Gasteiger partial charge in [0, 0.05) is 12.0 Å². The molecule has 2 fully saturated rings. The molecule has 1 saturated heterocycles. The van der Waals surface area contributed by atoms with E-state index in [-0.39, 0.29) is 0 Å². The SMILES string of the molecule is Cc1cccc(OCC23CNCC2C3)c1. The van der Waals surface area contributed by atoms with Crippen LogP contribution in [-0.2, 0) is 0 Å². The molecule has 2 heteroatoms. The fourth-order valence-electron chi connectivity index (χ4n) is 2.59. The van der Waals surface area contributed by atoms with Crippen molar-refractivity contribution in [3.63, 3.8) is 0 Å². The highest BCUT2D eigenvalue weighted by Gasteiger charge is 2.57. The van der Waals surface area contributed by atoms with E-state index in [1.165, 1.54) is 18.5 Å². The summed E-state index contributed by atoms with van der Waals surface area (Å²) in [6, 6.07) is 8.31. The summed E-state index contributed by atoms with van der Waals surface area (Å²) in [7, 11) is 0. The van der Waals surface area contributed by atoms with Crippen LogP contribution in [-0.4, -0.2) is 19.7 Å². The van der Waals surface area contributed by atoms with E-state index in [0.717, 1.165) is 24.8 Å². The fraction of sp³-hybridized carbons (Fsp3) is 0.538. The quantitative estimate of drug-likeness (QED) is 0.811. The fourth-order valence-corrected chi connectivity index (χ4v) is 2.59. The van der Waals surface area contributed by atoms with E-state index in [0.29, 0.717) is 5.41 Å². The second kappa shape index (κ2) is 3.24. The van der Waals surface area contributed by atoms with Gasteiger partial charge in [-0.15, -0.1) is 0 Å². The topological polar surface area (TPSA) is 21.3 Å². The second-order valence-corrected chi connectivity index (χ2v) is 5.00. The smallest absolute Gasteiger partial charge is 0.119 e. The van der Waals surface area contributed by atoms with Crippen molar-refractivity contribution in [3.05, 3.63) is 29.8 Å². The van der Waals surface area contributed by atoms with Crippen LogP contribution in [0.3, 0.4) is 0 Å². The van der Waals surface area contributed by atoms with Crippen molar-refractivity contribution in [2.45, 2.75) is 13.3 Å². The van der Waals surface area contributed by atoms with E-state index in [2.05, 4.69) is 30.4 Å². The van der Waals surface area contributed by atoms with E-state index in [1.54, 1.807) is 0 Å². The molecule has 3 rings (SSSR count).